The van der Waals surface area contributed by atoms with Gasteiger partial charge in [0.1, 0.15) is 5.75 Å². The third-order valence-corrected chi connectivity index (χ3v) is 4.33. The van der Waals surface area contributed by atoms with Crippen molar-refractivity contribution < 1.29 is 14.3 Å². The second-order valence-electron chi connectivity index (χ2n) is 6.34. The van der Waals surface area contributed by atoms with Crippen molar-refractivity contribution in [1.82, 2.24) is 0 Å². The number of nitrogens with one attached hydrogen (secondary N) is 2. The highest BCUT2D eigenvalue weighted by molar-refractivity contribution is 6.19. The van der Waals surface area contributed by atoms with E-state index >= 15 is 0 Å². The second kappa shape index (κ2) is 5.67. The molecule has 5 heteroatoms. The molecule has 0 saturated heterocycles. The summed E-state index contributed by atoms with van der Waals surface area (Å²) in [6.45, 7) is 7.36. The fraction of sp³-hybridized carbons (Fsp3) is 0.263. The van der Waals surface area contributed by atoms with Crippen molar-refractivity contribution in [2.75, 3.05) is 10.6 Å². The summed E-state index contributed by atoms with van der Waals surface area (Å²) in [5, 5.41) is 5.52. The molecule has 0 spiro atoms. The molecule has 24 heavy (non-hydrogen) atoms. The van der Waals surface area contributed by atoms with Crippen LogP contribution in [-0.2, 0) is 9.59 Å². The number of anilines is 2. The largest absolute Gasteiger partial charge is 0.466 e. The highest BCUT2D eigenvalue weighted by Crippen LogP contribution is 2.34. The molecule has 5 nitrogen and oxygen atoms in total. The molecule has 124 valence electrons. The third-order valence-electron chi connectivity index (χ3n) is 4.33. The second-order valence-corrected chi connectivity index (χ2v) is 6.34. The van der Waals surface area contributed by atoms with E-state index in [2.05, 4.69) is 10.6 Å². The first-order chi connectivity index (χ1) is 11.3. The van der Waals surface area contributed by atoms with Gasteiger partial charge in [0, 0.05) is 5.69 Å². The van der Waals surface area contributed by atoms with Crippen molar-refractivity contribution in [2.45, 2.75) is 33.3 Å². The number of hydrogen-bond donors (Lipinski definition) is 2. The van der Waals surface area contributed by atoms with Crippen LogP contribution < -0.4 is 15.4 Å². The molecule has 2 aromatic carbocycles. The van der Waals surface area contributed by atoms with Crippen LogP contribution in [0.5, 0.6) is 5.75 Å². The number of carbonyl (C=O) groups is 2. The Balaban J connectivity index is 1.87. The molecule has 2 amide bonds. The van der Waals surface area contributed by atoms with E-state index in [1.807, 2.05) is 51.1 Å². The summed E-state index contributed by atoms with van der Waals surface area (Å²) in [6, 6.07) is 11.0. The summed E-state index contributed by atoms with van der Waals surface area (Å²) >= 11 is 0. The summed E-state index contributed by atoms with van der Waals surface area (Å²) in [5.74, 6) is -0.505. The van der Waals surface area contributed by atoms with Crippen molar-refractivity contribution in [3.05, 3.63) is 53.1 Å². The third kappa shape index (κ3) is 2.73. The van der Waals surface area contributed by atoms with E-state index in [1.165, 1.54) is 6.92 Å². The lowest BCUT2D eigenvalue weighted by atomic mass is 10.0. The van der Waals surface area contributed by atoms with Crippen LogP contribution in [-0.4, -0.2) is 17.4 Å². The molecule has 0 aromatic heterocycles. The summed E-state index contributed by atoms with van der Waals surface area (Å²) in [4.78, 5) is 25.1. The Morgan fingerprint density at radius 1 is 1.08 bits per heavy atom. The van der Waals surface area contributed by atoms with E-state index in [-0.39, 0.29) is 0 Å². The van der Waals surface area contributed by atoms with Crippen LogP contribution in [0.25, 0.3) is 0 Å². The first-order valence-electron chi connectivity index (χ1n) is 7.79. The number of ether oxygens (including phenoxy) is 1. The molecule has 0 saturated carbocycles. The SMILES string of the molecule is Cc1ccc2c(c1)NC(=O)C(C)(C(=O)Nc1ccc(C)c(C)c1)O2. The topological polar surface area (TPSA) is 67.4 Å². The smallest absolute Gasteiger partial charge is 0.278 e. The Labute approximate surface area is 141 Å². The lowest BCUT2D eigenvalue weighted by Crippen LogP contribution is -2.56. The van der Waals surface area contributed by atoms with E-state index in [4.69, 9.17) is 4.74 Å². The number of hydrogen-bond acceptors (Lipinski definition) is 3. The normalized spacial score (nSPS) is 19.1. The number of amides is 2. The minimum atomic E-state index is -1.62. The first kappa shape index (κ1) is 16.1. The molecule has 0 radical (unpaired) electrons. The predicted octanol–water partition coefficient (Wildman–Crippen LogP) is 3.34. The molecule has 2 aromatic rings. The van der Waals surface area contributed by atoms with Crippen molar-refractivity contribution in [1.29, 1.82) is 0 Å². The number of aryl methyl sites for hydroxylation is 3. The molecule has 2 N–H and O–H groups in total. The molecule has 3 rings (SSSR count). The Morgan fingerprint density at radius 3 is 2.54 bits per heavy atom. The van der Waals surface area contributed by atoms with Gasteiger partial charge in [-0.3, -0.25) is 9.59 Å². The highest BCUT2D eigenvalue weighted by atomic mass is 16.5. The Morgan fingerprint density at radius 2 is 1.83 bits per heavy atom. The molecule has 0 bridgehead atoms. The lowest BCUT2D eigenvalue weighted by Gasteiger charge is -2.33. The number of benzene rings is 2. The fourth-order valence-electron chi connectivity index (χ4n) is 2.56. The van der Waals surface area contributed by atoms with Crippen LogP contribution in [0.1, 0.15) is 23.6 Å². The maximum absolute atomic E-state index is 12.7. The van der Waals surface area contributed by atoms with Crippen LogP contribution >= 0.6 is 0 Å². The quantitative estimate of drug-likeness (QED) is 0.833. The Hall–Kier alpha value is -2.82. The van der Waals surface area contributed by atoms with Crippen LogP contribution in [0, 0.1) is 20.8 Å². The maximum Gasteiger partial charge on any atom is 0.278 e. The molecule has 1 atom stereocenters. The molecule has 1 unspecified atom stereocenters. The molecule has 1 aliphatic heterocycles. The van der Waals surface area contributed by atoms with Crippen molar-refractivity contribution in [3.8, 4) is 5.75 Å². The van der Waals surface area contributed by atoms with Gasteiger partial charge in [-0.1, -0.05) is 12.1 Å². The summed E-state index contributed by atoms with van der Waals surface area (Å²) in [5.41, 5.74) is 2.79. The van der Waals surface area contributed by atoms with Crippen molar-refractivity contribution >= 4 is 23.2 Å². The van der Waals surface area contributed by atoms with Gasteiger partial charge in [0.25, 0.3) is 17.4 Å². The average Bonchev–Trinajstić information content (AvgIpc) is 2.52. The standard InChI is InChI=1S/C19H20N2O3/c1-11-5-8-16-15(9-11)21-18(23)19(4,24-16)17(22)20-14-7-6-12(2)13(3)10-14/h5-10H,1-4H3,(H,20,22)(H,21,23). The zero-order valence-electron chi connectivity index (χ0n) is 14.2. The molecule has 0 aliphatic carbocycles. The van der Waals surface area contributed by atoms with E-state index < -0.39 is 17.4 Å². The minimum absolute atomic E-state index is 0.484. The zero-order chi connectivity index (χ0) is 17.5. The first-order valence-corrected chi connectivity index (χ1v) is 7.79. The molecular formula is C19H20N2O3. The highest BCUT2D eigenvalue weighted by Gasteiger charge is 2.47. The van der Waals surface area contributed by atoms with Gasteiger partial charge in [0.2, 0.25) is 0 Å². The molecule has 1 heterocycles. The van der Waals surface area contributed by atoms with Crippen LogP contribution in [0.15, 0.2) is 36.4 Å². The van der Waals surface area contributed by atoms with Crippen LogP contribution in [0.2, 0.25) is 0 Å². The maximum atomic E-state index is 12.7. The fourth-order valence-corrected chi connectivity index (χ4v) is 2.56. The number of rotatable bonds is 2. The number of carbonyl (C=O) groups excluding carboxylic acids is 2. The van der Waals surface area contributed by atoms with E-state index in [9.17, 15) is 9.59 Å². The molecule has 0 fully saturated rings. The van der Waals surface area contributed by atoms with Gasteiger partial charge in [0.05, 0.1) is 5.69 Å². The van der Waals surface area contributed by atoms with Crippen LogP contribution in [0.3, 0.4) is 0 Å². The van der Waals surface area contributed by atoms with Crippen LogP contribution in [0.4, 0.5) is 11.4 Å². The Kier molecular flexibility index (Phi) is 3.79. The van der Waals surface area contributed by atoms with Gasteiger partial charge in [-0.05, 0) is 68.7 Å². The molecule has 1 aliphatic rings. The van der Waals surface area contributed by atoms with Crippen molar-refractivity contribution in [2.24, 2.45) is 0 Å². The monoisotopic (exact) mass is 324 g/mol. The summed E-state index contributed by atoms with van der Waals surface area (Å²) in [7, 11) is 0. The summed E-state index contributed by atoms with van der Waals surface area (Å²) in [6.07, 6.45) is 0. The summed E-state index contributed by atoms with van der Waals surface area (Å²) < 4.78 is 5.75. The van der Waals surface area contributed by atoms with Gasteiger partial charge in [-0.2, -0.15) is 0 Å². The van der Waals surface area contributed by atoms with Gasteiger partial charge in [-0.15, -0.1) is 0 Å². The number of fused-ring (bicyclic) bond motifs is 1. The van der Waals surface area contributed by atoms with Crippen molar-refractivity contribution in [3.63, 3.8) is 0 Å². The molecular weight excluding hydrogens is 304 g/mol. The average molecular weight is 324 g/mol. The lowest BCUT2D eigenvalue weighted by molar-refractivity contribution is -0.143. The zero-order valence-corrected chi connectivity index (χ0v) is 14.2. The van der Waals surface area contributed by atoms with Gasteiger partial charge in [0.15, 0.2) is 0 Å². The van der Waals surface area contributed by atoms with Gasteiger partial charge >= 0.3 is 0 Å². The Bertz CT molecular complexity index is 845. The van der Waals surface area contributed by atoms with E-state index in [0.29, 0.717) is 17.1 Å². The van der Waals surface area contributed by atoms with Gasteiger partial charge < -0.3 is 15.4 Å². The van der Waals surface area contributed by atoms with E-state index in [0.717, 1.165) is 16.7 Å². The van der Waals surface area contributed by atoms with E-state index in [1.54, 1.807) is 6.07 Å². The predicted molar refractivity (Wildman–Crippen MR) is 93.4 cm³/mol. The van der Waals surface area contributed by atoms with Gasteiger partial charge in [-0.25, -0.2) is 0 Å². The minimum Gasteiger partial charge on any atom is -0.466 e.